The second kappa shape index (κ2) is 6.22. The predicted octanol–water partition coefficient (Wildman–Crippen LogP) is 4.59. The quantitative estimate of drug-likeness (QED) is 0.843. The standard InChI is InChI=1S/C17H25N3S/c1-3-5-13-6-4-8-20(9-7-13)16-11-15-17(10-14(16)18)21-12(2)19-15/h10-11,13H,3-9,18H2,1-2H3. The van der Waals surface area contributed by atoms with Gasteiger partial charge in [0.15, 0.2) is 0 Å². The van der Waals surface area contributed by atoms with Gasteiger partial charge in [-0.05, 0) is 44.2 Å². The molecule has 3 nitrogen and oxygen atoms in total. The molecule has 0 radical (unpaired) electrons. The molecule has 1 aromatic carbocycles. The molecule has 2 heterocycles. The summed E-state index contributed by atoms with van der Waals surface area (Å²) in [6.45, 7) is 6.60. The number of nitrogens with two attached hydrogens (primary N) is 1. The minimum atomic E-state index is 0.895. The molecule has 3 rings (SSSR count). The van der Waals surface area contributed by atoms with Gasteiger partial charge in [0.25, 0.3) is 0 Å². The molecule has 0 saturated carbocycles. The molecule has 0 amide bonds. The SMILES string of the molecule is CCCC1CCCN(c2cc3nc(C)sc3cc2N)CC1. The smallest absolute Gasteiger partial charge is 0.0907 e. The summed E-state index contributed by atoms with van der Waals surface area (Å²) in [5.41, 5.74) is 9.49. The van der Waals surface area contributed by atoms with Crippen LogP contribution in [-0.2, 0) is 0 Å². The highest BCUT2D eigenvalue weighted by Crippen LogP contribution is 2.34. The van der Waals surface area contributed by atoms with Gasteiger partial charge in [0, 0.05) is 13.1 Å². The molecule has 1 unspecified atom stereocenters. The fraction of sp³-hybridized carbons (Fsp3) is 0.588. The van der Waals surface area contributed by atoms with Gasteiger partial charge in [-0.25, -0.2) is 4.98 Å². The van der Waals surface area contributed by atoms with Gasteiger partial charge in [0.2, 0.25) is 0 Å². The predicted molar refractivity (Wildman–Crippen MR) is 93.2 cm³/mol. The lowest BCUT2D eigenvalue weighted by molar-refractivity contribution is 0.435. The number of thiazole rings is 1. The molecule has 1 aliphatic rings. The molecule has 2 N–H and O–H groups in total. The maximum absolute atomic E-state index is 6.31. The topological polar surface area (TPSA) is 42.2 Å². The third-order valence-corrected chi connectivity index (χ3v) is 5.46. The van der Waals surface area contributed by atoms with E-state index in [4.69, 9.17) is 5.73 Å². The number of aromatic nitrogens is 1. The van der Waals surface area contributed by atoms with Crippen molar-refractivity contribution in [2.45, 2.75) is 46.0 Å². The van der Waals surface area contributed by atoms with Crippen molar-refractivity contribution < 1.29 is 0 Å². The normalized spacial score (nSPS) is 19.9. The summed E-state index contributed by atoms with van der Waals surface area (Å²) in [6, 6.07) is 4.29. The van der Waals surface area contributed by atoms with E-state index in [1.54, 1.807) is 11.3 Å². The highest BCUT2D eigenvalue weighted by Gasteiger charge is 2.19. The van der Waals surface area contributed by atoms with E-state index < -0.39 is 0 Å². The van der Waals surface area contributed by atoms with Crippen LogP contribution in [0.4, 0.5) is 11.4 Å². The van der Waals surface area contributed by atoms with Crippen LogP contribution in [0, 0.1) is 12.8 Å². The Hall–Kier alpha value is -1.29. The number of anilines is 2. The van der Waals surface area contributed by atoms with E-state index >= 15 is 0 Å². The first-order chi connectivity index (χ1) is 10.2. The monoisotopic (exact) mass is 303 g/mol. The van der Waals surface area contributed by atoms with Gasteiger partial charge in [-0.2, -0.15) is 0 Å². The molecule has 1 aliphatic heterocycles. The van der Waals surface area contributed by atoms with Crippen molar-refractivity contribution in [2.24, 2.45) is 5.92 Å². The molecule has 114 valence electrons. The van der Waals surface area contributed by atoms with Crippen molar-refractivity contribution in [1.82, 2.24) is 4.98 Å². The lowest BCUT2D eigenvalue weighted by atomic mass is 9.96. The summed E-state index contributed by atoms with van der Waals surface area (Å²) >= 11 is 1.72. The summed E-state index contributed by atoms with van der Waals surface area (Å²) in [4.78, 5) is 7.09. The summed E-state index contributed by atoms with van der Waals surface area (Å²) in [5, 5.41) is 1.11. The number of benzene rings is 1. The first-order valence-corrected chi connectivity index (χ1v) is 8.90. The van der Waals surface area contributed by atoms with Crippen molar-refractivity contribution in [3.63, 3.8) is 0 Å². The molecule has 0 aliphatic carbocycles. The second-order valence-corrected chi connectivity index (χ2v) is 7.42. The highest BCUT2D eigenvalue weighted by atomic mass is 32.1. The third kappa shape index (κ3) is 3.15. The molecule has 2 aromatic rings. The summed E-state index contributed by atoms with van der Waals surface area (Å²) < 4.78 is 1.20. The summed E-state index contributed by atoms with van der Waals surface area (Å²) in [7, 11) is 0. The molecule has 21 heavy (non-hydrogen) atoms. The van der Waals surface area contributed by atoms with Crippen molar-refractivity contribution >= 4 is 32.9 Å². The van der Waals surface area contributed by atoms with Gasteiger partial charge < -0.3 is 10.6 Å². The molecule has 1 aromatic heterocycles. The third-order valence-electron chi connectivity index (χ3n) is 4.53. The minimum Gasteiger partial charge on any atom is -0.397 e. The molecule has 1 atom stereocenters. The molecule has 1 fully saturated rings. The van der Waals surface area contributed by atoms with Crippen LogP contribution < -0.4 is 10.6 Å². The van der Waals surface area contributed by atoms with Crippen LogP contribution in [-0.4, -0.2) is 18.1 Å². The maximum atomic E-state index is 6.31. The average Bonchev–Trinajstić information content (AvgIpc) is 2.66. The Morgan fingerprint density at radius 3 is 3.00 bits per heavy atom. The van der Waals surface area contributed by atoms with E-state index in [1.165, 1.54) is 42.5 Å². The lowest BCUT2D eigenvalue weighted by Crippen LogP contribution is -2.25. The molecule has 4 heteroatoms. The number of nitrogens with zero attached hydrogens (tertiary/aromatic N) is 2. The largest absolute Gasteiger partial charge is 0.397 e. The summed E-state index contributed by atoms with van der Waals surface area (Å²) in [6.07, 6.45) is 6.60. The Morgan fingerprint density at radius 2 is 2.19 bits per heavy atom. The van der Waals surface area contributed by atoms with E-state index in [1.807, 2.05) is 0 Å². The second-order valence-electron chi connectivity index (χ2n) is 6.18. The Morgan fingerprint density at radius 1 is 1.33 bits per heavy atom. The number of hydrogen-bond acceptors (Lipinski definition) is 4. The minimum absolute atomic E-state index is 0.895. The van der Waals surface area contributed by atoms with Crippen LogP contribution in [0.2, 0.25) is 0 Å². The zero-order valence-electron chi connectivity index (χ0n) is 13.1. The maximum Gasteiger partial charge on any atom is 0.0907 e. The molecule has 0 spiro atoms. The number of hydrogen-bond donors (Lipinski definition) is 1. The van der Waals surface area contributed by atoms with Crippen LogP contribution in [0.15, 0.2) is 12.1 Å². The van der Waals surface area contributed by atoms with Gasteiger partial charge in [-0.3, -0.25) is 0 Å². The number of aryl methyl sites for hydroxylation is 1. The van der Waals surface area contributed by atoms with E-state index in [9.17, 15) is 0 Å². The fourth-order valence-corrected chi connectivity index (χ4v) is 4.33. The molecule has 0 bridgehead atoms. The van der Waals surface area contributed by atoms with Crippen LogP contribution in [0.1, 0.15) is 44.0 Å². The Bertz CT molecular complexity index is 620. The van der Waals surface area contributed by atoms with E-state index in [0.29, 0.717) is 0 Å². The van der Waals surface area contributed by atoms with Crippen molar-refractivity contribution in [2.75, 3.05) is 23.7 Å². The van der Waals surface area contributed by atoms with Gasteiger partial charge >= 0.3 is 0 Å². The molecular formula is C17H25N3S. The van der Waals surface area contributed by atoms with E-state index in [2.05, 4.69) is 35.9 Å². The Labute approximate surface area is 131 Å². The molecule has 1 saturated heterocycles. The zero-order valence-corrected chi connectivity index (χ0v) is 13.9. The van der Waals surface area contributed by atoms with Gasteiger partial charge in [0.1, 0.15) is 0 Å². The van der Waals surface area contributed by atoms with Gasteiger partial charge in [-0.15, -0.1) is 11.3 Å². The van der Waals surface area contributed by atoms with Gasteiger partial charge in [-0.1, -0.05) is 19.8 Å². The zero-order chi connectivity index (χ0) is 14.8. The van der Waals surface area contributed by atoms with Crippen molar-refractivity contribution in [3.8, 4) is 0 Å². The van der Waals surface area contributed by atoms with Crippen molar-refractivity contribution in [1.29, 1.82) is 0 Å². The Balaban J connectivity index is 1.84. The fourth-order valence-electron chi connectivity index (χ4n) is 3.47. The van der Waals surface area contributed by atoms with Crippen LogP contribution in [0.3, 0.4) is 0 Å². The first-order valence-electron chi connectivity index (χ1n) is 8.09. The van der Waals surface area contributed by atoms with Crippen LogP contribution in [0.25, 0.3) is 10.2 Å². The summed E-state index contributed by atoms with van der Waals surface area (Å²) in [5.74, 6) is 0.895. The molecular weight excluding hydrogens is 278 g/mol. The van der Waals surface area contributed by atoms with Gasteiger partial charge in [0.05, 0.1) is 26.6 Å². The number of fused-ring (bicyclic) bond motifs is 1. The number of nitrogen functional groups attached to an aromatic ring is 1. The van der Waals surface area contributed by atoms with Crippen LogP contribution in [0.5, 0.6) is 0 Å². The Kier molecular flexibility index (Phi) is 4.34. The van der Waals surface area contributed by atoms with Crippen molar-refractivity contribution in [3.05, 3.63) is 17.1 Å². The number of rotatable bonds is 3. The van der Waals surface area contributed by atoms with Crippen LogP contribution >= 0.6 is 11.3 Å². The van der Waals surface area contributed by atoms with E-state index in [-0.39, 0.29) is 0 Å². The average molecular weight is 303 g/mol. The van der Waals surface area contributed by atoms with E-state index in [0.717, 1.165) is 35.2 Å². The first kappa shape index (κ1) is 14.6. The lowest BCUT2D eigenvalue weighted by Gasteiger charge is -2.24. The highest BCUT2D eigenvalue weighted by molar-refractivity contribution is 7.18.